The Labute approximate surface area is 185 Å². The highest BCUT2D eigenvalue weighted by Gasteiger charge is 2.24. The molecular weight excluding hydrogens is 402 g/mol. The second-order valence-corrected chi connectivity index (χ2v) is 8.09. The Morgan fingerprint density at radius 1 is 1.12 bits per heavy atom. The fourth-order valence-electron chi connectivity index (χ4n) is 3.63. The average Bonchev–Trinajstić information content (AvgIpc) is 3.63. The third kappa shape index (κ3) is 4.09. The van der Waals surface area contributed by atoms with Gasteiger partial charge in [0, 0.05) is 42.1 Å². The van der Waals surface area contributed by atoms with Crippen LogP contribution < -0.4 is 16.2 Å². The molecular formula is C25H23N5O2. The van der Waals surface area contributed by atoms with Crippen molar-refractivity contribution in [2.45, 2.75) is 32.4 Å². The van der Waals surface area contributed by atoms with Gasteiger partial charge in [0.1, 0.15) is 0 Å². The Morgan fingerprint density at radius 2 is 1.97 bits per heavy atom. The number of nitrogens with zero attached hydrogens (tertiary/aromatic N) is 3. The lowest BCUT2D eigenvalue weighted by molar-refractivity contribution is 0.0951. The molecule has 2 N–H and O–H groups in total. The molecule has 1 aliphatic carbocycles. The van der Waals surface area contributed by atoms with Crippen LogP contribution in [0.2, 0.25) is 0 Å². The predicted molar refractivity (Wildman–Crippen MR) is 124 cm³/mol. The molecule has 0 radical (unpaired) electrons. The van der Waals surface area contributed by atoms with Crippen LogP contribution >= 0.6 is 0 Å². The number of pyridine rings is 1. The quantitative estimate of drug-likeness (QED) is 0.493. The van der Waals surface area contributed by atoms with Gasteiger partial charge in [0.05, 0.1) is 11.2 Å². The molecule has 2 aromatic heterocycles. The number of fused-ring (bicyclic) bond motifs is 1. The minimum absolute atomic E-state index is 0.113. The summed E-state index contributed by atoms with van der Waals surface area (Å²) >= 11 is 0. The lowest BCUT2D eigenvalue weighted by atomic mass is 10.1. The van der Waals surface area contributed by atoms with Gasteiger partial charge >= 0.3 is 0 Å². The van der Waals surface area contributed by atoms with Gasteiger partial charge in [-0.05, 0) is 55.2 Å². The lowest BCUT2D eigenvalue weighted by Crippen LogP contribution is -2.26. The van der Waals surface area contributed by atoms with Crippen LogP contribution in [0.15, 0.2) is 71.9 Å². The number of carbonyl (C=O) groups excluding carboxylic acids is 1. The molecule has 0 atom stereocenters. The van der Waals surface area contributed by atoms with Crippen LogP contribution in [0.3, 0.4) is 0 Å². The predicted octanol–water partition coefficient (Wildman–Crippen LogP) is 3.59. The molecule has 1 saturated carbocycles. The first kappa shape index (κ1) is 19.9. The number of benzene rings is 2. The summed E-state index contributed by atoms with van der Waals surface area (Å²) in [7, 11) is 0. The molecule has 1 fully saturated rings. The molecule has 32 heavy (non-hydrogen) atoms. The fourth-order valence-corrected chi connectivity index (χ4v) is 3.63. The summed E-state index contributed by atoms with van der Waals surface area (Å²) in [6.45, 7) is 2.34. The van der Waals surface area contributed by atoms with E-state index in [9.17, 15) is 9.59 Å². The topological polar surface area (TPSA) is 88.9 Å². The number of rotatable bonds is 6. The van der Waals surface area contributed by atoms with Crippen LogP contribution in [0.4, 0.5) is 5.82 Å². The average molecular weight is 425 g/mol. The van der Waals surface area contributed by atoms with E-state index in [0.717, 1.165) is 34.9 Å². The van der Waals surface area contributed by atoms with Crippen molar-refractivity contribution >= 4 is 22.6 Å². The van der Waals surface area contributed by atoms with Crippen molar-refractivity contribution in [3.63, 3.8) is 0 Å². The second-order valence-electron chi connectivity index (χ2n) is 8.09. The number of hydrogen-bond acceptors (Lipinski definition) is 5. The normalized spacial score (nSPS) is 13.2. The van der Waals surface area contributed by atoms with E-state index >= 15 is 0 Å². The summed E-state index contributed by atoms with van der Waals surface area (Å²) in [6.07, 6.45) is 7.05. The first-order valence-corrected chi connectivity index (χ1v) is 10.7. The van der Waals surface area contributed by atoms with Crippen LogP contribution in [0, 0.1) is 6.92 Å². The number of anilines is 1. The van der Waals surface area contributed by atoms with Crippen molar-refractivity contribution in [2.75, 3.05) is 5.32 Å². The first-order valence-electron chi connectivity index (χ1n) is 10.7. The van der Waals surface area contributed by atoms with Gasteiger partial charge in [0.25, 0.3) is 11.5 Å². The molecule has 0 spiro atoms. The van der Waals surface area contributed by atoms with E-state index in [1.807, 2.05) is 43.3 Å². The molecule has 5 rings (SSSR count). The molecule has 7 heteroatoms. The molecule has 0 bridgehead atoms. The van der Waals surface area contributed by atoms with Crippen LogP contribution in [0.25, 0.3) is 16.6 Å². The van der Waals surface area contributed by atoms with Crippen molar-refractivity contribution in [1.29, 1.82) is 0 Å². The smallest absolute Gasteiger partial charge is 0.297 e. The minimum atomic E-state index is -0.274. The minimum Gasteiger partial charge on any atom is -0.361 e. The van der Waals surface area contributed by atoms with Crippen molar-refractivity contribution in [3.05, 3.63) is 94.2 Å². The zero-order valence-electron chi connectivity index (χ0n) is 17.7. The molecule has 1 amide bonds. The van der Waals surface area contributed by atoms with Crippen LogP contribution in [0.1, 0.15) is 34.3 Å². The number of nitrogens with one attached hydrogen (secondary N) is 2. The van der Waals surface area contributed by atoms with E-state index in [4.69, 9.17) is 0 Å². The molecule has 7 nitrogen and oxygen atoms in total. The largest absolute Gasteiger partial charge is 0.361 e. The molecule has 0 unspecified atom stereocenters. The van der Waals surface area contributed by atoms with Gasteiger partial charge < -0.3 is 10.6 Å². The van der Waals surface area contributed by atoms with E-state index in [2.05, 4.69) is 20.6 Å². The third-order valence-corrected chi connectivity index (χ3v) is 5.59. The van der Waals surface area contributed by atoms with Crippen molar-refractivity contribution in [1.82, 2.24) is 19.9 Å². The molecule has 4 aromatic rings. The van der Waals surface area contributed by atoms with Crippen LogP contribution in [-0.2, 0) is 6.54 Å². The van der Waals surface area contributed by atoms with Gasteiger partial charge in [0.15, 0.2) is 5.82 Å². The number of para-hydroxylation sites is 1. The molecule has 160 valence electrons. The van der Waals surface area contributed by atoms with E-state index in [0.29, 0.717) is 17.8 Å². The highest BCUT2D eigenvalue weighted by molar-refractivity contribution is 5.95. The first-order chi connectivity index (χ1) is 15.6. The third-order valence-electron chi connectivity index (χ3n) is 5.59. The number of aromatic nitrogens is 3. The maximum Gasteiger partial charge on any atom is 0.297 e. The summed E-state index contributed by atoms with van der Waals surface area (Å²) in [5.41, 5.74) is 3.71. The van der Waals surface area contributed by atoms with E-state index in [1.54, 1.807) is 30.7 Å². The Balaban J connectivity index is 1.40. The van der Waals surface area contributed by atoms with E-state index in [1.165, 1.54) is 4.57 Å². The van der Waals surface area contributed by atoms with Gasteiger partial charge in [-0.25, -0.2) is 4.98 Å². The maximum atomic E-state index is 13.1. The number of aryl methyl sites for hydroxylation is 1. The zero-order valence-corrected chi connectivity index (χ0v) is 17.7. The van der Waals surface area contributed by atoms with Gasteiger partial charge in [-0.15, -0.1) is 0 Å². The zero-order chi connectivity index (χ0) is 22.1. The van der Waals surface area contributed by atoms with Crippen LogP contribution in [-0.4, -0.2) is 26.5 Å². The van der Waals surface area contributed by atoms with E-state index in [-0.39, 0.29) is 23.3 Å². The van der Waals surface area contributed by atoms with E-state index < -0.39 is 0 Å². The number of carbonyl (C=O) groups is 1. The van der Waals surface area contributed by atoms with Gasteiger partial charge in [0.2, 0.25) is 0 Å². The summed E-state index contributed by atoms with van der Waals surface area (Å²) in [6, 6.07) is 15.6. The highest BCUT2D eigenvalue weighted by atomic mass is 16.2. The fraction of sp³-hybridized carbons (Fsp3) is 0.200. The van der Waals surface area contributed by atoms with Gasteiger partial charge in [-0.3, -0.25) is 19.1 Å². The van der Waals surface area contributed by atoms with Crippen molar-refractivity contribution < 1.29 is 4.79 Å². The second kappa shape index (κ2) is 8.26. The molecule has 0 aliphatic heterocycles. The highest BCUT2D eigenvalue weighted by Crippen LogP contribution is 2.21. The molecule has 2 aromatic carbocycles. The Bertz CT molecular complexity index is 1370. The van der Waals surface area contributed by atoms with Crippen molar-refractivity contribution in [2.24, 2.45) is 0 Å². The monoisotopic (exact) mass is 425 g/mol. The van der Waals surface area contributed by atoms with Crippen molar-refractivity contribution in [3.8, 4) is 5.69 Å². The summed E-state index contributed by atoms with van der Waals surface area (Å²) < 4.78 is 1.53. The standard InChI is InChI=1S/C25H23N5O2/c1-16-6-7-19(24(31)29-20-8-9-20)13-22(16)30-11-10-26-23(25(30)32)28-15-17-12-18-4-2-3-5-21(18)27-14-17/h2-7,10-14,20H,8-9,15H2,1H3,(H,26,28)(H,29,31). The van der Waals surface area contributed by atoms with Gasteiger partial charge in [-0.2, -0.15) is 0 Å². The maximum absolute atomic E-state index is 13.1. The lowest BCUT2D eigenvalue weighted by Gasteiger charge is -2.13. The number of hydrogen-bond donors (Lipinski definition) is 2. The molecule has 0 saturated heterocycles. The summed E-state index contributed by atoms with van der Waals surface area (Å²) in [5, 5.41) is 7.16. The molecule has 1 aliphatic rings. The number of amides is 1. The van der Waals surface area contributed by atoms with Crippen LogP contribution in [0.5, 0.6) is 0 Å². The Kier molecular flexibility index (Phi) is 5.15. The molecule has 2 heterocycles. The summed E-state index contributed by atoms with van der Waals surface area (Å²) in [5.74, 6) is 0.130. The summed E-state index contributed by atoms with van der Waals surface area (Å²) in [4.78, 5) is 34.3. The SMILES string of the molecule is Cc1ccc(C(=O)NC2CC2)cc1-n1ccnc(NCc2cnc3ccccc3c2)c1=O. The Morgan fingerprint density at radius 3 is 2.81 bits per heavy atom. The Hall–Kier alpha value is -4.00. The van der Waals surface area contributed by atoms with Gasteiger partial charge in [-0.1, -0.05) is 24.3 Å².